The number of rotatable bonds is 6. The molecule has 0 saturated carbocycles. The zero-order chi connectivity index (χ0) is 23.7. The van der Waals surface area contributed by atoms with E-state index in [0.717, 1.165) is 11.1 Å². The molecule has 1 N–H and O–H groups in total. The number of aromatic nitrogens is 1. The van der Waals surface area contributed by atoms with E-state index >= 15 is 4.39 Å². The van der Waals surface area contributed by atoms with E-state index in [0.29, 0.717) is 34.5 Å². The molecule has 0 atom stereocenters. The number of nitrogens with zero attached hydrogens (tertiary/aromatic N) is 2. The summed E-state index contributed by atoms with van der Waals surface area (Å²) < 4.78 is 34.6. The largest absolute Gasteiger partial charge is 0.506 e. The van der Waals surface area contributed by atoms with Crippen LogP contribution in [0.5, 0.6) is 11.5 Å². The Morgan fingerprint density at radius 1 is 1.12 bits per heavy atom. The van der Waals surface area contributed by atoms with Crippen LogP contribution in [0.2, 0.25) is 0 Å². The zero-order valence-corrected chi connectivity index (χ0v) is 18.4. The summed E-state index contributed by atoms with van der Waals surface area (Å²) in [4.78, 5) is 20.2. The van der Waals surface area contributed by atoms with Crippen molar-refractivity contribution < 1.29 is 28.3 Å². The van der Waals surface area contributed by atoms with Gasteiger partial charge in [0.2, 0.25) is 0 Å². The van der Waals surface area contributed by atoms with Gasteiger partial charge in [-0.2, -0.15) is 0 Å². The number of halogens is 2. The highest BCUT2D eigenvalue weighted by atomic mass is 19.1. The lowest BCUT2D eigenvalue weighted by Crippen LogP contribution is -2.12. The van der Waals surface area contributed by atoms with E-state index in [1.165, 1.54) is 12.1 Å². The van der Waals surface area contributed by atoms with Crippen molar-refractivity contribution in [1.29, 1.82) is 0 Å². The third-order valence-corrected chi connectivity index (χ3v) is 5.65. The van der Waals surface area contributed by atoms with Gasteiger partial charge in [-0.1, -0.05) is 17.3 Å². The van der Waals surface area contributed by atoms with Crippen LogP contribution in [-0.2, 0) is 16.1 Å². The molecule has 1 aromatic heterocycles. The zero-order valence-electron chi connectivity index (χ0n) is 18.4. The summed E-state index contributed by atoms with van der Waals surface area (Å²) in [6.07, 6.45) is 0.336. The molecule has 4 rings (SSSR count). The molecule has 0 bridgehead atoms. The Morgan fingerprint density at radius 3 is 2.64 bits per heavy atom. The first-order valence-corrected chi connectivity index (χ1v) is 10.4. The number of carbonyl (C=O) groups is 1. The number of benzene rings is 2. The van der Waals surface area contributed by atoms with E-state index < -0.39 is 11.8 Å². The monoisotopic (exact) mass is 452 g/mol. The summed E-state index contributed by atoms with van der Waals surface area (Å²) >= 11 is 0. The standard InChI is InChI=1S/C25H22F2N2O4/c1-13-9-22(32-12-17-11-23(31)33-29-17)24(27)15(3)19(13)10-16-7-8-21(30)25(28-16)18-5-4-6-20(26)14(18)2/h4-9,30H,10-12H2,1-3H3. The second-order valence-corrected chi connectivity index (χ2v) is 7.95. The molecule has 8 heteroatoms. The van der Waals surface area contributed by atoms with Gasteiger partial charge in [-0.25, -0.2) is 18.6 Å². The van der Waals surface area contributed by atoms with Crippen LogP contribution in [0.25, 0.3) is 11.3 Å². The summed E-state index contributed by atoms with van der Waals surface area (Å²) in [5.41, 5.74) is 4.08. The Kier molecular flexibility index (Phi) is 6.09. The Hall–Kier alpha value is -3.81. The molecule has 0 unspecified atom stereocenters. The smallest absolute Gasteiger partial charge is 0.340 e. The molecule has 1 aliphatic heterocycles. The summed E-state index contributed by atoms with van der Waals surface area (Å²) in [5.74, 6) is -1.37. The van der Waals surface area contributed by atoms with Crippen LogP contribution >= 0.6 is 0 Å². The molecule has 0 radical (unpaired) electrons. The minimum atomic E-state index is -0.513. The van der Waals surface area contributed by atoms with E-state index in [1.807, 2.05) is 6.92 Å². The minimum absolute atomic E-state index is 0.0251. The van der Waals surface area contributed by atoms with Gasteiger partial charge in [0.05, 0.1) is 6.42 Å². The van der Waals surface area contributed by atoms with Crippen LogP contribution in [-0.4, -0.2) is 28.4 Å². The molecule has 2 aromatic carbocycles. The number of oxime groups is 1. The fourth-order valence-corrected chi connectivity index (χ4v) is 3.76. The molecule has 6 nitrogen and oxygen atoms in total. The second kappa shape index (κ2) is 8.97. The van der Waals surface area contributed by atoms with Crippen LogP contribution in [0.15, 0.2) is 41.6 Å². The Bertz CT molecular complexity index is 1290. The predicted molar refractivity (Wildman–Crippen MR) is 118 cm³/mol. The summed E-state index contributed by atoms with van der Waals surface area (Å²) in [6.45, 7) is 5.07. The van der Waals surface area contributed by atoms with Crippen molar-refractivity contribution in [3.05, 3.63) is 76.0 Å². The number of carbonyl (C=O) groups excluding carboxylic acids is 1. The normalized spacial score (nSPS) is 13.1. The lowest BCUT2D eigenvalue weighted by molar-refractivity contribution is -0.140. The number of hydrogen-bond donors (Lipinski definition) is 1. The molecule has 1 aliphatic rings. The first-order valence-electron chi connectivity index (χ1n) is 10.4. The first-order chi connectivity index (χ1) is 15.7. The van der Waals surface area contributed by atoms with Crippen molar-refractivity contribution >= 4 is 11.7 Å². The molecule has 0 saturated heterocycles. The van der Waals surface area contributed by atoms with Gasteiger partial charge in [0.15, 0.2) is 11.6 Å². The lowest BCUT2D eigenvalue weighted by Gasteiger charge is -2.16. The van der Waals surface area contributed by atoms with Gasteiger partial charge in [-0.15, -0.1) is 0 Å². The van der Waals surface area contributed by atoms with Crippen LogP contribution in [0, 0.1) is 32.4 Å². The van der Waals surface area contributed by atoms with Crippen molar-refractivity contribution in [3.8, 4) is 22.8 Å². The van der Waals surface area contributed by atoms with Crippen LogP contribution in [0.3, 0.4) is 0 Å². The molecule has 0 fully saturated rings. The van der Waals surface area contributed by atoms with Gasteiger partial charge in [-0.05, 0) is 67.3 Å². The highest BCUT2D eigenvalue weighted by Gasteiger charge is 2.21. The van der Waals surface area contributed by atoms with Crippen molar-refractivity contribution in [2.45, 2.75) is 33.6 Å². The van der Waals surface area contributed by atoms with E-state index in [2.05, 4.69) is 15.0 Å². The highest BCUT2D eigenvalue weighted by molar-refractivity contribution is 6.02. The van der Waals surface area contributed by atoms with E-state index in [9.17, 15) is 14.3 Å². The summed E-state index contributed by atoms with van der Waals surface area (Å²) in [5, 5.41) is 13.9. The molecule has 170 valence electrons. The van der Waals surface area contributed by atoms with Gasteiger partial charge in [-0.3, -0.25) is 0 Å². The van der Waals surface area contributed by atoms with Crippen LogP contribution in [0.1, 0.15) is 34.4 Å². The average Bonchev–Trinajstić information content (AvgIpc) is 3.21. The summed E-state index contributed by atoms with van der Waals surface area (Å²) in [7, 11) is 0. The van der Waals surface area contributed by atoms with Crippen LogP contribution < -0.4 is 4.74 Å². The van der Waals surface area contributed by atoms with Crippen molar-refractivity contribution in [2.24, 2.45) is 5.16 Å². The molecule has 3 aromatic rings. The first kappa shape index (κ1) is 22.4. The third kappa shape index (κ3) is 4.55. The number of aromatic hydroxyl groups is 1. The molecule has 2 heterocycles. The number of ether oxygens (including phenoxy) is 1. The van der Waals surface area contributed by atoms with Gasteiger partial charge < -0.3 is 14.7 Å². The van der Waals surface area contributed by atoms with Crippen LogP contribution in [0.4, 0.5) is 8.78 Å². The van der Waals surface area contributed by atoms with Crippen molar-refractivity contribution in [3.63, 3.8) is 0 Å². The third-order valence-electron chi connectivity index (χ3n) is 5.65. The van der Waals surface area contributed by atoms with Gasteiger partial charge in [0.25, 0.3) is 0 Å². The number of aryl methyl sites for hydroxylation is 1. The lowest BCUT2D eigenvalue weighted by atomic mass is 9.96. The molecule has 0 spiro atoms. The number of pyridine rings is 1. The molecule has 33 heavy (non-hydrogen) atoms. The van der Waals surface area contributed by atoms with E-state index in [1.54, 1.807) is 38.1 Å². The number of hydrogen-bond acceptors (Lipinski definition) is 6. The van der Waals surface area contributed by atoms with E-state index in [-0.39, 0.29) is 36.0 Å². The SMILES string of the molecule is Cc1cc(OCC2=NOC(=O)C2)c(F)c(C)c1Cc1ccc(O)c(-c2cccc(F)c2C)n1. The van der Waals surface area contributed by atoms with Crippen molar-refractivity contribution in [2.75, 3.05) is 6.61 Å². The van der Waals surface area contributed by atoms with Gasteiger partial charge in [0, 0.05) is 17.7 Å². The Labute approximate surface area is 189 Å². The fourth-order valence-electron chi connectivity index (χ4n) is 3.76. The average molecular weight is 452 g/mol. The molecule has 0 aliphatic carbocycles. The maximum Gasteiger partial charge on any atom is 0.340 e. The molecule has 0 amide bonds. The topological polar surface area (TPSA) is 81.0 Å². The minimum Gasteiger partial charge on any atom is -0.506 e. The predicted octanol–water partition coefficient (Wildman–Crippen LogP) is 4.93. The maximum absolute atomic E-state index is 15.0. The maximum atomic E-state index is 15.0. The van der Waals surface area contributed by atoms with E-state index in [4.69, 9.17) is 4.74 Å². The highest BCUT2D eigenvalue weighted by Crippen LogP contribution is 2.33. The fraction of sp³-hybridized carbons (Fsp3) is 0.240. The van der Waals surface area contributed by atoms with Crippen molar-refractivity contribution in [1.82, 2.24) is 4.98 Å². The second-order valence-electron chi connectivity index (χ2n) is 7.95. The van der Waals surface area contributed by atoms with Gasteiger partial charge in [0.1, 0.15) is 29.6 Å². The molecular formula is C25H22F2N2O4. The Morgan fingerprint density at radius 2 is 1.91 bits per heavy atom. The van der Waals surface area contributed by atoms with Gasteiger partial charge >= 0.3 is 5.97 Å². The Balaban J connectivity index is 1.61. The summed E-state index contributed by atoms with van der Waals surface area (Å²) in [6, 6.07) is 9.36. The molecular weight excluding hydrogens is 430 g/mol. The quantitative estimate of drug-likeness (QED) is 0.537.